The van der Waals surface area contributed by atoms with Crippen LogP contribution < -0.4 is 10.6 Å². The summed E-state index contributed by atoms with van der Waals surface area (Å²) in [6, 6.07) is 22.3. The summed E-state index contributed by atoms with van der Waals surface area (Å²) in [5.74, 6) is 1.91. The van der Waals surface area contributed by atoms with Crippen molar-refractivity contribution in [1.82, 2.24) is 15.0 Å². The van der Waals surface area contributed by atoms with E-state index in [2.05, 4.69) is 25.6 Å². The zero-order valence-corrected chi connectivity index (χ0v) is 16.4. The fraction of sp³-hybridized carbons (Fsp3) is 0.125. The molecule has 0 aliphatic heterocycles. The maximum absolute atomic E-state index is 13.1. The number of anilines is 2. The molecule has 0 radical (unpaired) electrons. The van der Waals surface area contributed by atoms with Gasteiger partial charge in [0.05, 0.1) is 0 Å². The Morgan fingerprint density at radius 1 is 0.733 bits per heavy atom. The van der Waals surface area contributed by atoms with Gasteiger partial charge < -0.3 is 10.6 Å². The van der Waals surface area contributed by atoms with Crippen molar-refractivity contribution in [2.75, 3.05) is 17.2 Å². The Kier molecular flexibility index (Phi) is 6.25. The summed E-state index contributed by atoms with van der Waals surface area (Å²) in [6.07, 6.45) is 4.31. The number of hydrogen-bond acceptors (Lipinski definition) is 5. The van der Waals surface area contributed by atoms with Crippen LogP contribution in [0.1, 0.15) is 11.1 Å². The van der Waals surface area contributed by atoms with Crippen LogP contribution in [0.15, 0.2) is 85.2 Å². The highest BCUT2D eigenvalue weighted by molar-refractivity contribution is 5.61. The second-order valence-corrected chi connectivity index (χ2v) is 6.84. The van der Waals surface area contributed by atoms with Crippen LogP contribution in [-0.2, 0) is 13.0 Å². The van der Waals surface area contributed by atoms with Crippen LogP contribution in [0.25, 0.3) is 11.4 Å². The SMILES string of the molecule is Fc1ccc(CCNc2cc(NCc3ccncc3)nc(-c3ccccc3)n2)cc1. The van der Waals surface area contributed by atoms with E-state index in [1.807, 2.05) is 48.5 Å². The zero-order chi connectivity index (χ0) is 20.6. The predicted octanol–water partition coefficient (Wildman–Crippen LogP) is 4.94. The molecule has 5 nitrogen and oxygen atoms in total. The normalized spacial score (nSPS) is 10.6. The molecule has 0 saturated heterocycles. The molecule has 2 aromatic heterocycles. The first-order valence-corrected chi connectivity index (χ1v) is 9.82. The van der Waals surface area contributed by atoms with Crippen molar-refractivity contribution in [3.63, 3.8) is 0 Å². The lowest BCUT2D eigenvalue weighted by atomic mass is 10.1. The van der Waals surface area contributed by atoms with Gasteiger partial charge in [-0.05, 0) is 41.8 Å². The Labute approximate surface area is 175 Å². The van der Waals surface area contributed by atoms with Gasteiger partial charge in [0.25, 0.3) is 0 Å². The van der Waals surface area contributed by atoms with Gasteiger partial charge in [-0.3, -0.25) is 4.98 Å². The first kappa shape index (κ1) is 19.5. The summed E-state index contributed by atoms with van der Waals surface area (Å²) >= 11 is 0. The fourth-order valence-electron chi connectivity index (χ4n) is 3.02. The highest BCUT2D eigenvalue weighted by Crippen LogP contribution is 2.20. The topological polar surface area (TPSA) is 62.7 Å². The van der Waals surface area contributed by atoms with Gasteiger partial charge in [-0.15, -0.1) is 0 Å². The van der Waals surface area contributed by atoms with E-state index in [4.69, 9.17) is 0 Å². The molecule has 4 aromatic rings. The van der Waals surface area contributed by atoms with Gasteiger partial charge in [-0.25, -0.2) is 14.4 Å². The number of nitrogens with one attached hydrogen (secondary N) is 2. The van der Waals surface area contributed by atoms with Crippen LogP contribution in [-0.4, -0.2) is 21.5 Å². The largest absolute Gasteiger partial charge is 0.370 e. The number of aromatic nitrogens is 3. The highest BCUT2D eigenvalue weighted by Gasteiger charge is 2.07. The van der Waals surface area contributed by atoms with E-state index in [1.165, 1.54) is 12.1 Å². The third kappa shape index (κ3) is 5.38. The molecule has 0 bridgehead atoms. The highest BCUT2D eigenvalue weighted by atomic mass is 19.1. The molecule has 0 aliphatic rings. The van der Waals surface area contributed by atoms with Crippen LogP contribution in [0.2, 0.25) is 0 Å². The number of nitrogens with zero attached hydrogens (tertiary/aromatic N) is 3. The maximum Gasteiger partial charge on any atom is 0.163 e. The average Bonchev–Trinajstić information content (AvgIpc) is 2.80. The Morgan fingerprint density at radius 2 is 1.43 bits per heavy atom. The second kappa shape index (κ2) is 9.60. The van der Waals surface area contributed by atoms with E-state index in [0.29, 0.717) is 18.9 Å². The van der Waals surface area contributed by atoms with Crippen LogP contribution in [0.3, 0.4) is 0 Å². The van der Waals surface area contributed by atoms with Gasteiger partial charge >= 0.3 is 0 Å². The second-order valence-electron chi connectivity index (χ2n) is 6.84. The monoisotopic (exact) mass is 399 g/mol. The zero-order valence-electron chi connectivity index (χ0n) is 16.4. The lowest BCUT2D eigenvalue weighted by Crippen LogP contribution is -2.09. The molecule has 150 valence electrons. The summed E-state index contributed by atoms with van der Waals surface area (Å²) in [5, 5.41) is 6.73. The van der Waals surface area contributed by atoms with E-state index in [-0.39, 0.29) is 5.82 Å². The van der Waals surface area contributed by atoms with E-state index < -0.39 is 0 Å². The van der Waals surface area contributed by atoms with Gasteiger partial charge in [0.1, 0.15) is 17.5 Å². The molecule has 0 unspecified atom stereocenters. The molecular weight excluding hydrogens is 377 g/mol. The summed E-state index contributed by atoms with van der Waals surface area (Å²) in [7, 11) is 0. The molecule has 6 heteroatoms. The Morgan fingerprint density at radius 3 is 2.17 bits per heavy atom. The minimum atomic E-state index is -0.222. The average molecular weight is 399 g/mol. The van der Waals surface area contributed by atoms with Gasteiger partial charge in [-0.2, -0.15) is 0 Å². The Balaban J connectivity index is 1.50. The molecule has 4 rings (SSSR count). The number of pyridine rings is 1. The summed E-state index contributed by atoms with van der Waals surface area (Å²) in [6.45, 7) is 1.32. The van der Waals surface area contributed by atoms with Crippen molar-refractivity contribution in [3.05, 3.63) is 102 Å². The van der Waals surface area contributed by atoms with Crippen molar-refractivity contribution < 1.29 is 4.39 Å². The van der Waals surface area contributed by atoms with Crippen molar-refractivity contribution in [2.45, 2.75) is 13.0 Å². The first-order chi connectivity index (χ1) is 14.8. The van der Waals surface area contributed by atoms with Gasteiger partial charge in [0, 0.05) is 37.1 Å². The van der Waals surface area contributed by atoms with Crippen molar-refractivity contribution in [1.29, 1.82) is 0 Å². The third-order valence-corrected chi connectivity index (χ3v) is 4.61. The lowest BCUT2D eigenvalue weighted by Gasteiger charge is -2.12. The molecule has 0 atom stereocenters. The van der Waals surface area contributed by atoms with Crippen molar-refractivity contribution in [2.24, 2.45) is 0 Å². The van der Waals surface area contributed by atoms with E-state index >= 15 is 0 Å². The summed E-state index contributed by atoms with van der Waals surface area (Å²) in [5.41, 5.74) is 3.14. The molecular formula is C24H22FN5. The summed E-state index contributed by atoms with van der Waals surface area (Å²) < 4.78 is 13.1. The van der Waals surface area contributed by atoms with Crippen LogP contribution in [0.4, 0.5) is 16.0 Å². The van der Waals surface area contributed by atoms with Crippen LogP contribution in [0, 0.1) is 5.82 Å². The minimum absolute atomic E-state index is 0.222. The molecule has 2 aromatic carbocycles. The third-order valence-electron chi connectivity index (χ3n) is 4.61. The quantitative estimate of drug-likeness (QED) is 0.439. The lowest BCUT2D eigenvalue weighted by molar-refractivity contribution is 0.627. The molecule has 0 aliphatic carbocycles. The van der Waals surface area contributed by atoms with Crippen LogP contribution >= 0.6 is 0 Å². The van der Waals surface area contributed by atoms with E-state index in [9.17, 15) is 4.39 Å². The van der Waals surface area contributed by atoms with Gasteiger partial charge in [0.15, 0.2) is 5.82 Å². The molecule has 0 spiro atoms. The summed E-state index contributed by atoms with van der Waals surface area (Å²) in [4.78, 5) is 13.4. The number of rotatable bonds is 8. The fourth-order valence-corrected chi connectivity index (χ4v) is 3.02. The van der Waals surface area contributed by atoms with Gasteiger partial charge in [-0.1, -0.05) is 42.5 Å². The molecule has 2 N–H and O–H groups in total. The van der Waals surface area contributed by atoms with Crippen molar-refractivity contribution >= 4 is 11.6 Å². The maximum atomic E-state index is 13.1. The Hall–Kier alpha value is -3.80. The van der Waals surface area contributed by atoms with Gasteiger partial charge in [0.2, 0.25) is 0 Å². The number of halogens is 1. The molecule has 0 saturated carbocycles. The molecule has 0 amide bonds. The number of benzene rings is 2. The predicted molar refractivity (Wildman–Crippen MR) is 118 cm³/mol. The molecule has 2 heterocycles. The Bertz CT molecular complexity index is 1070. The van der Waals surface area contributed by atoms with E-state index in [0.717, 1.165) is 34.7 Å². The standard InChI is InChI=1S/C24H22FN5/c25-21-8-6-18(7-9-21)12-15-27-22-16-23(28-17-19-10-13-26-14-11-19)30-24(29-22)20-4-2-1-3-5-20/h1-11,13-14,16H,12,15,17H2,(H2,27,28,29,30). The smallest absolute Gasteiger partial charge is 0.163 e. The van der Waals surface area contributed by atoms with Crippen molar-refractivity contribution in [3.8, 4) is 11.4 Å². The van der Waals surface area contributed by atoms with Crippen LogP contribution in [0.5, 0.6) is 0 Å². The molecule has 0 fully saturated rings. The van der Waals surface area contributed by atoms with E-state index in [1.54, 1.807) is 24.5 Å². The minimum Gasteiger partial charge on any atom is -0.370 e. The first-order valence-electron chi connectivity index (χ1n) is 9.82. The number of hydrogen-bond donors (Lipinski definition) is 2. The molecule has 30 heavy (non-hydrogen) atoms.